The van der Waals surface area contributed by atoms with E-state index in [0.29, 0.717) is 4.47 Å². The van der Waals surface area contributed by atoms with Crippen molar-refractivity contribution in [3.63, 3.8) is 0 Å². The second kappa shape index (κ2) is 3.17. The Hall–Kier alpha value is -0.650. The Morgan fingerprint density at radius 1 is 1.73 bits per heavy atom. The maximum atomic E-state index is 11.7. The third-order valence-corrected chi connectivity index (χ3v) is 1.59. The Labute approximate surface area is 70.1 Å². The molecular formula is C5H5BrF2N2O. The Bertz CT molecular complexity index is 231. The summed E-state index contributed by atoms with van der Waals surface area (Å²) in [7, 11) is 1.52. The summed E-state index contributed by atoms with van der Waals surface area (Å²) in [6.45, 7) is -2.82. The van der Waals surface area contributed by atoms with Gasteiger partial charge in [0.1, 0.15) is 0 Å². The van der Waals surface area contributed by atoms with E-state index in [1.807, 2.05) is 0 Å². The van der Waals surface area contributed by atoms with Crippen molar-refractivity contribution >= 4 is 15.9 Å². The van der Waals surface area contributed by atoms with Crippen molar-refractivity contribution in [3.05, 3.63) is 10.7 Å². The quantitative estimate of drug-likeness (QED) is 0.769. The van der Waals surface area contributed by atoms with E-state index in [0.717, 1.165) is 0 Å². The summed E-state index contributed by atoms with van der Waals surface area (Å²) in [5.41, 5.74) is 0. The number of hydrogen-bond acceptors (Lipinski definition) is 2. The predicted molar refractivity (Wildman–Crippen MR) is 37.5 cm³/mol. The average Bonchev–Trinajstić information content (AvgIpc) is 2.18. The summed E-state index contributed by atoms with van der Waals surface area (Å²) >= 11 is 3.00. The Balaban J connectivity index is 2.83. The number of halogens is 3. The lowest BCUT2D eigenvalue weighted by Gasteiger charge is -2.03. The molecule has 0 N–H and O–H groups in total. The molecule has 0 radical (unpaired) electrons. The van der Waals surface area contributed by atoms with Gasteiger partial charge in [-0.25, -0.2) is 4.68 Å². The van der Waals surface area contributed by atoms with Gasteiger partial charge in [-0.3, -0.25) is 0 Å². The normalized spacial score (nSPS) is 10.6. The molecule has 0 atom stereocenters. The number of aryl methyl sites for hydroxylation is 1. The van der Waals surface area contributed by atoms with Crippen molar-refractivity contribution in [1.29, 1.82) is 0 Å². The maximum Gasteiger partial charge on any atom is 0.388 e. The zero-order valence-electron chi connectivity index (χ0n) is 5.59. The Morgan fingerprint density at radius 2 is 2.36 bits per heavy atom. The number of nitrogens with zero attached hydrogens (tertiary/aromatic N) is 2. The summed E-state index contributed by atoms with van der Waals surface area (Å²) < 4.78 is 29.1. The minimum atomic E-state index is -2.82. The second-order valence-corrected chi connectivity index (χ2v) is 2.65. The first-order valence-corrected chi connectivity index (χ1v) is 3.53. The molecule has 0 saturated heterocycles. The van der Waals surface area contributed by atoms with Crippen LogP contribution in [-0.2, 0) is 7.05 Å². The summed E-state index contributed by atoms with van der Waals surface area (Å²) in [5.74, 6) is 0.0278. The monoisotopic (exact) mass is 226 g/mol. The molecule has 0 unspecified atom stereocenters. The number of ether oxygens (including phenoxy) is 1. The van der Waals surface area contributed by atoms with E-state index in [-0.39, 0.29) is 5.88 Å². The molecule has 11 heavy (non-hydrogen) atoms. The lowest BCUT2D eigenvalue weighted by molar-refractivity contribution is -0.0558. The van der Waals surface area contributed by atoms with Crippen molar-refractivity contribution in [3.8, 4) is 5.88 Å². The van der Waals surface area contributed by atoms with Crippen LogP contribution in [0.15, 0.2) is 10.7 Å². The van der Waals surface area contributed by atoms with E-state index in [1.54, 1.807) is 0 Å². The number of aromatic nitrogens is 2. The van der Waals surface area contributed by atoms with Crippen LogP contribution < -0.4 is 4.74 Å². The topological polar surface area (TPSA) is 27.1 Å². The molecule has 0 aliphatic rings. The molecule has 62 valence electrons. The van der Waals surface area contributed by atoms with Crippen molar-refractivity contribution in [2.75, 3.05) is 0 Å². The van der Waals surface area contributed by atoms with Gasteiger partial charge in [0.25, 0.3) is 0 Å². The van der Waals surface area contributed by atoms with Gasteiger partial charge >= 0.3 is 6.61 Å². The maximum absolute atomic E-state index is 11.7. The average molecular weight is 227 g/mol. The molecule has 1 heterocycles. The van der Waals surface area contributed by atoms with Crippen molar-refractivity contribution in [1.82, 2.24) is 9.78 Å². The molecule has 1 rings (SSSR count). The van der Waals surface area contributed by atoms with Crippen molar-refractivity contribution in [2.45, 2.75) is 6.61 Å². The molecule has 0 aromatic carbocycles. The zero-order chi connectivity index (χ0) is 8.43. The van der Waals surface area contributed by atoms with Gasteiger partial charge in [0.2, 0.25) is 5.88 Å². The number of hydrogen-bond donors (Lipinski definition) is 0. The highest BCUT2D eigenvalue weighted by Gasteiger charge is 2.11. The SMILES string of the molecule is Cn1ncc(Br)c1OC(F)F. The summed E-state index contributed by atoms with van der Waals surface area (Å²) in [6, 6.07) is 0. The van der Waals surface area contributed by atoms with E-state index in [9.17, 15) is 8.78 Å². The van der Waals surface area contributed by atoms with Crippen LogP contribution in [0.5, 0.6) is 5.88 Å². The van der Waals surface area contributed by atoms with E-state index in [4.69, 9.17) is 0 Å². The highest BCUT2D eigenvalue weighted by molar-refractivity contribution is 9.10. The second-order valence-electron chi connectivity index (χ2n) is 1.80. The van der Waals surface area contributed by atoms with Gasteiger partial charge in [0, 0.05) is 7.05 Å². The standard InChI is InChI=1S/C5H5BrF2N2O/c1-10-4(11-5(7)8)3(6)2-9-10/h2,5H,1H3. The molecule has 1 aromatic heterocycles. The van der Waals surface area contributed by atoms with Crippen LogP contribution in [0.3, 0.4) is 0 Å². The van der Waals surface area contributed by atoms with Crippen LogP contribution in [-0.4, -0.2) is 16.4 Å². The fraction of sp³-hybridized carbons (Fsp3) is 0.400. The predicted octanol–water partition coefficient (Wildman–Crippen LogP) is 1.78. The van der Waals surface area contributed by atoms with E-state index >= 15 is 0 Å². The van der Waals surface area contributed by atoms with Gasteiger partial charge in [0.15, 0.2) is 0 Å². The van der Waals surface area contributed by atoms with Gasteiger partial charge in [0.05, 0.1) is 10.7 Å². The summed E-state index contributed by atoms with van der Waals surface area (Å²) in [4.78, 5) is 0. The minimum absolute atomic E-state index is 0.0278. The third-order valence-electron chi connectivity index (χ3n) is 1.04. The molecule has 0 fully saturated rings. The van der Waals surface area contributed by atoms with Crippen LogP contribution in [0.2, 0.25) is 0 Å². The van der Waals surface area contributed by atoms with Crippen molar-refractivity contribution < 1.29 is 13.5 Å². The number of alkyl halides is 2. The molecule has 0 bridgehead atoms. The minimum Gasteiger partial charge on any atom is -0.416 e. The smallest absolute Gasteiger partial charge is 0.388 e. The number of rotatable bonds is 2. The summed E-state index contributed by atoms with van der Waals surface area (Å²) in [6.07, 6.45) is 1.39. The lowest BCUT2D eigenvalue weighted by atomic mass is 10.7. The van der Waals surface area contributed by atoms with Gasteiger partial charge in [-0.1, -0.05) is 0 Å². The molecule has 1 aromatic rings. The van der Waals surface area contributed by atoms with Gasteiger partial charge in [-0.05, 0) is 15.9 Å². The Morgan fingerprint density at radius 3 is 2.73 bits per heavy atom. The van der Waals surface area contributed by atoms with Crippen LogP contribution >= 0.6 is 15.9 Å². The van der Waals surface area contributed by atoms with Crippen LogP contribution in [0, 0.1) is 0 Å². The first-order valence-electron chi connectivity index (χ1n) is 2.73. The molecule has 3 nitrogen and oxygen atoms in total. The van der Waals surface area contributed by atoms with Gasteiger partial charge in [-0.2, -0.15) is 13.9 Å². The highest BCUT2D eigenvalue weighted by Crippen LogP contribution is 2.24. The van der Waals surface area contributed by atoms with E-state index in [2.05, 4.69) is 25.8 Å². The zero-order valence-corrected chi connectivity index (χ0v) is 7.18. The fourth-order valence-electron chi connectivity index (χ4n) is 0.616. The van der Waals surface area contributed by atoms with Crippen LogP contribution in [0.4, 0.5) is 8.78 Å². The van der Waals surface area contributed by atoms with E-state index < -0.39 is 6.61 Å². The van der Waals surface area contributed by atoms with Crippen LogP contribution in [0.1, 0.15) is 0 Å². The third kappa shape index (κ3) is 1.89. The van der Waals surface area contributed by atoms with Gasteiger partial charge < -0.3 is 4.74 Å². The first kappa shape index (κ1) is 8.45. The van der Waals surface area contributed by atoms with E-state index in [1.165, 1.54) is 17.9 Å². The molecule has 0 spiro atoms. The van der Waals surface area contributed by atoms with Gasteiger partial charge in [-0.15, -0.1) is 0 Å². The largest absolute Gasteiger partial charge is 0.416 e. The fourth-order valence-corrected chi connectivity index (χ4v) is 1.06. The molecule has 0 aliphatic carbocycles. The molecule has 0 aliphatic heterocycles. The molecule has 6 heteroatoms. The van der Waals surface area contributed by atoms with Crippen LogP contribution in [0.25, 0.3) is 0 Å². The molecular weight excluding hydrogens is 222 g/mol. The highest BCUT2D eigenvalue weighted by atomic mass is 79.9. The Kier molecular flexibility index (Phi) is 2.43. The molecule has 0 saturated carbocycles. The first-order chi connectivity index (χ1) is 5.11. The lowest BCUT2D eigenvalue weighted by Crippen LogP contribution is -2.06. The van der Waals surface area contributed by atoms with Crippen molar-refractivity contribution in [2.24, 2.45) is 7.05 Å². The summed E-state index contributed by atoms with van der Waals surface area (Å²) in [5, 5.41) is 3.68. The molecule has 0 amide bonds.